The Labute approximate surface area is 153 Å². The average molecular weight is 351 g/mol. The number of nitrogens with zero attached hydrogens (tertiary/aromatic N) is 2. The molecule has 136 valence electrons. The molecule has 5 heteroatoms. The number of hydrogen-bond donors (Lipinski definition) is 1. The first-order valence-corrected chi connectivity index (χ1v) is 9.32. The molecule has 26 heavy (non-hydrogen) atoms. The molecule has 0 atom stereocenters. The summed E-state index contributed by atoms with van der Waals surface area (Å²) in [7, 11) is 0. The second kappa shape index (κ2) is 7.38. The number of fused-ring (bicyclic) bond motifs is 1. The molecule has 0 unspecified atom stereocenters. The van der Waals surface area contributed by atoms with Gasteiger partial charge in [-0.3, -0.25) is 9.47 Å². The van der Waals surface area contributed by atoms with Gasteiger partial charge in [0.25, 0.3) is 0 Å². The van der Waals surface area contributed by atoms with Gasteiger partial charge in [-0.2, -0.15) is 0 Å². The minimum absolute atomic E-state index is 0.00688. The number of rotatable bonds is 5. The number of aryl methyl sites for hydroxylation is 1. The van der Waals surface area contributed by atoms with Gasteiger partial charge in [0.05, 0.1) is 11.0 Å². The van der Waals surface area contributed by atoms with Crippen LogP contribution in [0.1, 0.15) is 24.4 Å². The number of likely N-dealkylation sites (tertiary alicyclic amines) is 1. The molecule has 1 aliphatic rings. The van der Waals surface area contributed by atoms with E-state index in [4.69, 9.17) is 4.74 Å². The zero-order chi connectivity index (χ0) is 17.9. The van der Waals surface area contributed by atoms with E-state index in [2.05, 4.69) is 28.9 Å². The predicted molar refractivity (Wildman–Crippen MR) is 104 cm³/mol. The van der Waals surface area contributed by atoms with Crippen molar-refractivity contribution in [1.29, 1.82) is 0 Å². The van der Waals surface area contributed by atoms with Gasteiger partial charge in [0.2, 0.25) is 0 Å². The molecular weight excluding hydrogens is 326 g/mol. The number of benzene rings is 2. The summed E-state index contributed by atoms with van der Waals surface area (Å²) in [6, 6.07) is 16.4. The highest BCUT2D eigenvalue weighted by Crippen LogP contribution is 2.24. The van der Waals surface area contributed by atoms with E-state index in [1.807, 2.05) is 41.0 Å². The van der Waals surface area contributed by atoms with Crippen molar-refractivity contribution < 1.29 is 4.74 Å². The third kappa shape index (κ3) is 3.53. The van der Waals surface area contributed by atoms with Gasteiger partial charge in [-0.05, 0) is 49.6 Å². The van der Waals surface area contributed by atoms with Crippen molar-refractivity contribution in [2.75, 3.05) is 26.2 Å². The number of para-hydroxylation sites is 2. The van der Waals surface area contributed by atoms with Crippen molar-refractivity contribution >= 4 is 11.0 Å². The molecule has 5 nitrogen and oxygen atoms in total. The van der Waals surface area contributed by atoms with Crippen LogP contribution >= 0.6 is 0 Å². The molecule has 0 saturated carbocycles. The van der Waals surface area contributed by atoms with E-state index in [9.17, 15) is 4.79 Å². The van der Waals surface area contributed by atoms with Crippen molar-refractivity contribution in [2.24, 2.45) is 0 Å². The molecular formula is C21H25N3O2. The summed E-state index contributed by atoms with van der Waals surface area (Å²) < 4.78 is 7.80. The SMILES string of the molecule is Cc1cccc(OCCN2CCC(n3c(=O)[nH]c4ccccc43)CC2)c1. The minimum Gasteiger partial charge on any atom is -0.492 e. The van der Waals surface area contributed by atoms with Gasteiger partial charge in [-0.15, -0.1) is 0 Å². The van der Waals surface area contributed by atoms with Gasteiger partial charge in [0, 0.05) is 25.7 Å². The summed E-state index contributed by atoms with van der Waals surface area (Å²) in [5.41, 5.74) is 3.16. The van der Waals surface area contributed by atoms with Crippen LogP contribution < -0.4 is 10.4 Å². The maximum Gasteiger partial charge on any atom is 0.326 e. The Morgan fingerprint density at radius 2 is 1.92 bits per heavy atom. The molecule has 4 rings (SSSR count). The van der Waals surface area contributed by atoms with E-state index >= 15 is 0 Å². The molecule has 1 N–H and O–H groups in total. The molecule has 1 aromatic heterocycles. The summed E-state index contributed by atoms with van der Waals surface area (Å²) in [6.07, 6.45) is 1.98. The van der Waals surface area contributed by atoms with Crippen LogP contribution in [0.25, 0.3) is 11.0 Å². The number of ether oxygens (including phenoxy) is 1. The van der Waals surface area contributed by atoms with Crippen molar-refractivity contribution in [3.8, 4) is 5.75 Å². The van der Waals surface area contributed by atoms with Crippen LogP contribution in [0, 0.1) is 6.92 Å². The van der Waals surface area contributed by atoms with Crippen LogP contribution in [0.2, 0.25) is 0 Å². The van der Waals surface area contributed by atoms with Crippen molar-refractivity contribution in [3.63, 3.8) is 0 Å². The zero-order valence-electron chi connectivity index (χ0n) is 15.1. The van der Waals surface area contributed by atoms with Gasteiger partial charge in [0.1, 0.15) is 12.4 Å². The van der Waals surface area contributed by atoms with Crippen LogP contribution in [0.3, 0.4) is 0 Å². The lowest BCUT2D eigenvalue weighted by Gasteiger charge is -2.32. The standard InChI is InChI=1S/C21H25N3O2/c1-16-5-4-6-18(15-16)26-14-13-23-11-9-17(10-12-23)24-20-8-3-2-7-19(20)22-21(24)25/h2-8,15,17H,9-14H2,1H3,(H,22,25). The van der Waals surface area contributed by atoms with Crippen molar-refractivity contribution in [1.82, 2.24) is 14.5 Å². The van der Waals surface area contributed by atoms with Crippen molar-refractivity contribution in [2.45, 2.75) is 25.8 Å². The molecule has 2 heterocycles. The van der Waals surface area contributed by atoms with Crippen LogP contribution in [0.5, 0.6) is 5.75 Å². The molecule has 1 fully saturated rings. The first-order chi connectivity index (χ1) is 12.7. The molecule has 0 aliphatic carbocycles. The second-order valence-electron chi connectivity index (χ2n) is 7.06. The van der Waals surface area contributed by atoms with Crippen LogP contribution in [0.4, 0.5) is 0 Å². The van der Waals surface area contributed by atoms with Gasteiger partial charge < -0.3 is 9.72 Å². The molecule has 0 spiro atoms. The van der Waals surface area contributed by atoms with E-state index in [1.54, 1.807) is 0 Å². The molecule has 3 aromatic rings. The maximum absolute atomic E-state index is 12.3. The topological polar surface area (TPSA) is 50.3 Å². The first-order valence-electron chi connectivity index (χ1n) is 9.32. The predicted octanol–water partition coefficient (Wildman–Crippen LogP) is 3.35. The van der Waals surface area contributed by atoms with Crippen molar-refractivity contribution in [3.05, 3.63) is 64.6 Å². The highest BCUT2D eigenvalue weighted by Gasteiger charge is 2.23. The van der Waals surface area contributed by atoms with Gasteiger partial charge in [0.15, 0.2) is 0 Å². The normalized spacial score (nSPS) is 16.2. The lowest BCUT2D eigenvalue weighted by Crippen LogP contribution is -2.38. The van der Waals surface area contributed by atoms with Crippen LogP contribution in [0.15, 0.2) is 53.3 Å². The van der Waals surface area contributed by atoms with E-state index in [-0.39, 0.29) is 11.7 Å². The quantitative estimate of drug-likeness (QED) is 0.767. The first kappa shape index (κ1) is 16.9. The summed E-state index contributed by atoms with van der Waals surface area (Å²) in [6.45, 7) is 5.68. The fourth-order valence-corrected chi connectivity index (χ4v) is 3.84. The summed E-state index contributed by atoms with van der Waals surface area (Å²) >= 11 is 0. The molecule has 0 bridgehead atoms. The highest BCUT2D eigenvalue weighted by molar-refractivity contribution is 5.75. The Balaban J connectivity index is 1.32. The van der Waals surface area contributed by atoms with Gasteiger partial charge in [-0.25, -0.2) is 4.79 Å². The molecule has 1 aliphatic heterocycles. The van der Waals surface area contributed by atoms with E-state index in [1.165, 1.54) is 5.56 Å². The minimum atomic E-state index is 0.00688. The molecule has 0 amide bonds. The number of H-pyrrole nitrogens is 1. The third-order valence-electron chi connectivity index (χ3n) is 5.21. The fourth-order valence-electron chi connectivity index (χ4n) is 3.84. The number of imidazole rings is 1. The Kier molecular flexibility index (Phi) is 4.80. The number of piperidine rings is 1. The number of aromatic amines is 1. The Morgan fingerprint density at radius 3 is 2.73 bits per heavy atom. The largest absolute Gasteiger partial charge is 0.492 e. The lowest BCUT2D eigenvalue weighted by molar-refractivity contribution is 0.157. The van der Waals surface area contributed by atoms with Crippen LogP contribution in [-0.4, -0.2) is 40.7 Å². The van der Waals surface area contributed by atoms with Crippen LogP contribution in [-0.2, 0) is 0 Å². The Hall–Kier alpha value is -2.53. The molecule has 1 saturated heterocycles. The highest BCUT2D eigenvalue weighted by atomic mass is 16.5. The monoisotopic (exact) mass is 351 g/mol. The molecule has 0 radical (unpaired) electrons. The Morgan fingerprint density at radius 1 is 1.12 bits per heavy atom. The summed E-state index contributed by atoms with van der Waals surface area (Å²) in [5.74, 6) is 0.935. The Bertz CT molecular complexity index is 936. The summed E-state index contributed by atoms with van der Waals surface area (Å²) in [4.78, 5) is 17.7. The lowest BCUT2D eigenvalue weighted by atomic mass is 10.0. The maximum atomic E-state index is 12.3. The fraction of sp³-hybridized carbons (Fsp3) is 0.381. The van der Waals surface area contributed by atoms with Gasteiger partial charge >= 0.3 is 5.69 Å². The second-order valence-corrected chi connectivity index (χ2v) is 7.06. The zero-order valence-corrected chi connectivity index (χ0v) is 15.1. The van der Waals surface area contributed by atoms with E-state index in [0.29, 0.717) is 6.61 Å². The van der Waals surface area contributed by atoms with Gasteiger partial charge in [-0.1, -0.05) is 24.3 Å². The number of hydrogen-bond acceptors (Lipinski definition) is 3. The smallest absolute Gasteiger partial charge is 0.326 e. The number of nitrogens with one attached hydrogen (secondary N) is 1. The number of aromatic nitrogens is 2. The third-order valence-corrected chi connectivity index (χ3v) is 5.21. The van der Waals surface area contributed by atoms with E-state index in [0.717, 1.165) is 49.3 Å². The van der Waals surface area contributed by atoms with E-state index < -0.39 is 0 Å². The average Bonchev–Trinajstić information content (AvgIpc) is 2.98. The molecule has 2 aromatic carbocycles. The summed E-state index contributed by atoms with van der Waals surface area (Å²) in [5, 5.41) is 0.